The first-order chi connectivity index (χ1) is 7.04. The third-order valence-corrected chi connectivity index (χ3v) is 2.03. The molecule has 0 aliphatic heterocycles. The minimum absolute atomic E-state index is 0.0169. The van der Waals surface area contributed by atoms with E-state index in [1.54, 1.807) is 6.92 Å². The van der Waals surface area contributed by atoms with Crippen LogP contribution >= 0.6 is 0 Å². The molecule has 0 aromatic heterocycles. The number of Topliss-reactive ketones (excluding diaryl/α,β-unsaturated/α-hetero) is 2. The zero-order valence-corrected chi connectivity index (χ0v) is 8.36. The Morgan fingerprint density at radius 2 is 1.93 bits per heavy atom. The van der Waals surface area contributed by atoms with Crippen LogP contribution in [0.5, 0.6) is 11.5 Å². The highest BCUT2D eigenvalue weighted by molar-refractivity contribution is 6.09. The number of phenolic OH excluding ortho intramolecular Hbond substituents is 2. The van der Waals surface area contributed by atoms with Gasteiger partial charge in [-0.3, -0.25) is 9.59 Å². The molecule has 0 spiro atoms. The maximum Gasteiger partial charge on any atom is 0.174 e. The van der Waals surface area contributed by atoms with Gasteiger partial charge in [0.1, 0.15) is 17.3 Å². The van der Waals surface area contributed by atoms with Gasteiger partial charge in [0, 0.05) is 6.42 Å². The highest BCUT2D eigenvalue weighted by atomic mass is 16.3. The Morgan fingerprint density at radius 3 is 2.53 bits per heavy atom. The number of aromatic hydroxyl groups is 2. The third-order valence-electron chi connectivity index (χ3n) is 2.03. The molecule has 0 saturated carbocycles. The van der Waals surface area contributed by atoms with Gasteiger partial charge in [-0.1, -0.05) is 6.92 Å². The second-order valence-electron chi connectivity index (χ2n) is 3.19. The van der Waals surface area contributed by atoms with Crippen molar-refractivity contribution in [3.63, 3.8) is 0 Å². The number of phenols is 2. The molecule has 0 unspecified atom stereocenters. The molecule has 1 aromatic carbocycles. The second kappa shape index (κ2) is 4.59. The molecule has 15 heavy (non-hydrogen) atoms. The normalized spacial score (nSPS) is 9.93. The molecule has 2 N–H and O–H groups in total. The van der Waals surface area contributed by atoms with Crippen LogP contribution in [0.4, 0.5) is 0 Å². The van der Waals surface area contributed by atoms with Crippen molar-refractivity contribution in [2.24, 2.45) is 0 Å². The van der Waals surface area contributed by atoms with Crippen LogP contribution in [0.15, 0.2) is 18.2 Å². The van der Waals surface area contributed by atoms with Crippen LogP contribution in [0.3, 0.4) is 0 Å². The number of carbonyl (C=O) groups excluding carboxylic acids is 2. The summed E-state index contributed by atoms with van der Waals surface area (Å²) in [5.74, 6) is -1.00. The van der Waals surface area contributed by atoms with E-state index in [9.17, 15) is 14.7 Å². The first-order valence-corrected chi connectivity index (χ1v) is 4.61. The zero-order valence-electron chi connectivity index (χ0n) is 8.36. The van der Waals surface area contributed by atoms with E-state index in [2.05, 4.69) is 0 Å². The number of ketones is 2. The topological polar surface area (TPSA) is 74.6 Å². The van der Waals surface area contributed by atoms with Gasteiger partial charge in [0.25, 0.3) is 0 Å². The molecule has 1 aromatic rings. The minimum atomic E-state index is -0.477. The van der Waals surface area contributed by atoms with E-state index in [0.717, 1.165) is 6.07 Å². The highest BCUT2D eigenvalue weighted by Crippen LogP contribution is 2.23. The van der Waals surface area contributed by atoms with E-state index >= 15 is 0 Å². The van der Waals surface area contributed by atoms with Crippen LogP contribution in [-0.2, 0) is 4.79 Å². The Bertz CT molecular complexity index is 396. The van der Waals surface area contributed by atoms with E-state index in [1.165, 1.54) is 12.1 Å². The van der Waals surface area contributed by atoms with E-state index in [-0.39, 0.29) is 35.7 Å². The average Bonchev–Trinajstić information content (AvgIpc) is 2.21. The summed E-state index contributed by atoms with van der Waals surface area (Å²) in [7, 11) is 0. The highest BCUT2D eigenvalue weighted by Gasteiger charge is 2.14. The molecule has 0 fully saturated rings. The molecule has 0 bridgehead atoms. The van der Waals surface area contributed by atoms with E-state index in [1.807, 2.05) is 0 Å². The summed E-state index contributed by atoms with van der Waals surface area (Å²) in [6, 6.07) is 3.65. The second-order valence-corrected chi connectivity index (χ2v) is 3.19. The van der Waals surface area contributed by atoms with Crippen molar-refractivity contribution >= 4 is 11.6 Å². The van der Waals surface area contributed by atoms with Crippen LogP contribution in [0, 0.1) is 0 Å². The monoisotopic (exact) mass is 208 g/mol. The van der Waals surface area contributed by atoms with Crippen molar-refractivity contribution in [2.75, 3.05) is 0 Å². The smallest absolute Gasteiger partial charge is 0.174 e. The number of hydrogen-bond acceptors (Lipinski definition) is 4. The minimum Gasteiger partial charge on any atom is -0.508 e. The van der Waals surface area contributed by atoms with Crippen molar-refractivity contribution in [2.45, 2.75) is 19.8 Å². The van der Waals surface area contributed by atoms with Gasteiger partial charge in [-0.05, 0) is 18.2 Å². The summed E-state index contributed by atoms with van der Waals surface area (Å²) in [4.78, 5) is 22.5. The summed E-state index contributed by atoms with van der Waals surface area (Å²) in [5.41, 5.74) is -0.0169. The molecular weight excluding hydrogens is 196 g/mol. The average molecular weight is 208 g/mol. The van der Waals surface area contributed by atoms with Crippen molar-refractivity contribution in [1.82, 2.24) is 0 Å². The summed E-state index contributed by atoms with van der Waals surface area (Å²) < 4.78 is 0. The summed E-state index contributed by atoms with van der Waals surface area (Å²) in [5, 5.41) is 18.5. The van der Waals surface area contributed by atoms with Gasteiger partial charge in [0.15, 0.2) is 5.78 Å². The first-order valence-electron chi connectivity index (χ1n) is 4.61. The predicted octanol–water partition coefficient (Wildman–Crippen LogP) is 1.65. The van der Waals surface area contributed by atoms with Gasteiger partial charge in [0.2, 0.25) is 0 Å². The molecule has 1 rings (SSSR count). The van der Waals surface area contributed by atoms with E-state index in [0.29, 0.717) is 0 Å². The third kappa shape index (κ3) is 2.80. The van der Waals surface area contributed by atoms with Gasteiger partial charge in [0.05, 0.1) is 12.0 Å². The maximum absolute atomic E-state index is 11.5. The van der Waals surface area contributed by atoms with Crippen LogP contribution < -0.4 is 0 Å². The lowest BCUT2D eigenvalue weighted by Crippen LogP contribution is -2.07. The Hall–Kier alpha value is -1.84. The quantitative estimate of drug-likeness (QED) is 0.448. The lowest BCUT2D eigenvalue weighted by atomic mass is 10.0. The molecule has 4 nitrogen and oxygen atoms in total. The van der Waals surface area contributed by atoms with Crippen molar-refractivity contribution in [3.8, 4) is 11.5 Å². The Balaban J connectivity index is 2.91. The largest absolute Gasteiger partial charge is 0.508 e. The molecule has 0 atom stereocenters. The van der Waals surface area contributed by atoms with E-state index in [4.69, 9.17) is 5.11 Å². The van der Waals surface area contributed by atoms with Crippen molar-refractivity contribution in [3.05, 3.63) is 23.8 Å². The molecular formula is C11H12O4. The van der Waals surface area contributed by atoms with Gasteiger partial charge < -0.3 is 10.2 Å². The molecule has 0 heterocycles. The molecule has 0 radical (unpaired) electrons. The van der Waals surface area contributed by atoms with Crippen LogP contribution in [0.25, 0.3) is 0 Å². The molecule has 0 amide bonds. The summed E-state index contributed by atoms with van der Waals surface area (Å²) in [6.45, 7) is 1.66. The van der Waals surface area contributed by atoms with Gasteiger partial charge in [-0.2, -0.15) is 0 Å². The number of benzene rings is 1. The summed E-state index contributed by atoms with van der Waals surface area (Å²) in [6.07, 6.45) is 0.0405. The van der Waals surface area contributed by atoms with Gasteiger partial charge in [-0.15, -0.1) is 0 Å². The maximum atomic E-state index is 11.5. The molecule has 0 aliphatic rings. The van der Waals surface area contributed by atoms with E-state index < -0.39 is 5.78 Å². The first kappa shape index (κ1) is 11.2. The fourth-order valence-electron chi connectivity index (χ4n) is 1.15. The molecule has 4 heteroatoms. The van der Waals surface area contributed by atoms with Crippen LogP contribution in [-0.4, -0.2) is 21.8 Å². The SMILES string of the molecule is CCC(=O)CC(=O)c1cc(O)ccc1O. The van der Waals surface area contributed by atoms with Crippen molar-refractivity contribution < 1.29 is 19.8 Å². The van der Waals surface area contributed by atoms with Gasteiger partial charge >= 0.3 is 0 Å². The number of hydrogen-bond donors (Lipinski definition) is 2. The number of rotatable bonds is 4. The Morgan fingerprint density at radius 1 is 1.27 bits per heavy atom. The summed E-state index contributed by atoms with van der Waals surface area (Å²) >= 11 is 0. The Labute approximate surface area is 87.2 Å². The van der Waals surface area contributed by atoms with Gasteiger partial charge in [-0.25, -0.2) is 0 Å². The van der Waals surface area contributed by atoms with Crippen molar-refractivity contribution in [1.29, 1.82) is 0 Å². The molecule has 0 saturated heterocycles. The lowest BCUT2D eigenvalue weighted by molar-refractivity contribution is -0.117. The predicted molar refractivity (Wildman–Crippen MR) is 54.0 cm³/mol. The molecule has 80 valence electrons. The fraction of sp³-hybridized carbons (Fsp3) is 0.273. The Kier molecular flexibility index (Phi) is 3.44. The zero-order chi connectivity index (χ0) is 11.4. The number of carbonyl (C=O) groups is 2. The standard InChI is InChI=1S/C11H12O4/c1-2-7(12)6-11(15)9-5-8(13)3-4-10(9)14/h3-5,13-14H,2,6H2,1H3. The van der Waals surface area contributed by atoms with Crippen LogP contribution in [0.2, 0.25) is 0 Å². The van der Waals surface area contributed by atoms with Crippen LogP contribution in [0.1, 0.15) is 30.1 Å². The molecule has 0 aliphatic carbocycles. The lowest BCUT2D eigenvalue weighted by Gasteiger charge is -2.03. The fourth-order valence-corrected chi connectivity index (χ4v) is 1.15.